The summed E-state index contributed by atoms with van der Waals surface area (Å²) >= 11 is 0. The zero-order valence-electron chi connectivity index (χ0n) is 20.2. The quantitative estimate of drug-likeness (QED) is 0.578. The molecule has 4 aliphatic rings. The minimum Gasteiger partial charge on any atom is -0.376 e. The van der Waals surface area contributed by atoms with Gasteiger partial charge in [-0.2, -0.15) is 0 Å². The summed E-state index contributed by atoms with van der Waals surface area (Å²) in [6.07, 6.45) is 3.01. The normalized spacial score (nSPS) is 28.8. The van der Waals surface area contributed by atoms with Gasteiger partial charge in [-0.15, -0.1) is 0 Å². The first-order valence-corrected chi connectivity index (χ1v) is 12.9. The smallest absolute Gasteiger partial charge is 0.255 e. The molecule has 3 heterocycles. The molecule has 2 N–H and O–H groups in total. The molecule has 1 saturated carbocycles. The number of hydrogen-bond donors (Lipinski definition) is 2. The maximum absolute atomic E-state index is 15.6. The highest BCUT2D eigenvalue weighted by Crippen LogP contribution is 2.36. The molecule has 3 aliphatic heterocycles. The predicted molar refractivity (Wildman–Crippen MR) is 124 cm³/mol. The molecule has 3 atom stereocenters. The van der Waals surface area contributed by atoms with Crippen LogP contribution in [-0.4, -0.2) is 59.9 Å². The van der Waals surface area contributed by atoms with Gasteiger partial charge < -0.3 is 15.0 Å². The van der Waals surface area contributed by atoms with Gasteiger partial charge in [0, 0.05) is 49.5 Å². The molecule has 10 heteroatoms. The maximum Gasteiger partial charge on any atom is 0.255 e. The largest absolute Gasteiger partial charge is 0.376 e. The fourth-order valence-corrected chi connectivity index (χ4v) is 5.92. The van der Waals surface area contributed by atoms with Crippen molar-refractivity contribution in [2.24, 2.45) is 5.92 Å². The Balaban J connectivity index is 1.24. The average Bonchev–Trinajstić information content (AvgIpc) is 3.18. The molecule has 36 heavy (non-hydrogen) atoms. The number of nitrogens with one attached hydrogen (secondary N) is 2. The summed E-state index contributed by atoms with van der Waals surface area (Å²) < 4.78 is 48.5. The molecular formula is C26H32F3N3O4. The summed E-state index contributed by atoms with van der Waals surface area (Å²) in [4.78, 5) is 38.0. The molecule has 3 amide bonds. The molecule has 0 radical (unpaired) electrons. The standard InChI is InChI=1S/C26H32F3N3O4/c27-23-16(3-4-17-18(23)14-32(25(17)35)20-5-6-22(33)31-24(20)34)12-21-19(2-1-11-36-21)30-13-15-7-9-26(28,29)10-8-15/h3-4,15,19-21,30H,1-2,5-14H2,(H,31,33,34)/t19?,20?,21-/m1/s1. The summed E-state index contributed by atoms with van der Waals surface area (Å²) in [5.74, 6) is -4.11. The first-order valence-electron chi connectivity index (χ1n) is 12.9. The Hall–Kier alpha value is -2.46. The van der Waals surface area contributed by atoms with E-state index >= 15 is 4.39 Å². The number of carbonyl (C=O) groups excluding carboxylic acids is 3. The van der Waals surface area contributed by atoms with Crippen LogP contribution >= 0.6 is 0 Å². The Morgan fingerprint density at radius 2 is 1.89 bits per heavy atom. The van der Waals surface area contributed by atoms with Crippen molar-refractivity contribution in [3.05, 3.63) is 34.6 Å². The number of imide groups is 1. The van der Waals surface area contributed by atoms with Gasteiger partial charge in [0.05, 0.1) is 12.6 Å². The van der Waals surface area contributed by atoms with E-state index in [1.54, 1.807) is 12.1 Å². The lowest BCUT2D eigenvalue weighted by atomic mass is 9.86. The number of nitrogens with zero attached hydrogens (tertiary/aromatic N) is 1. The van der Waals surface area contributed by atoms with Gasteiger partial charge in [0.15, 0.2) is 0 Å². The van der Waals surface area contributed by atoms with Crippen LogP contribution in [0.3, 0.4) is 0 Å². The van der Waals surface area contributed by atoms with Crippen LogP contribution in [0.4, 0.5) is 13.2 Å². The molecule has 1 aromatic rings. The molecule has 1 aromatic carbocycles. The second-order valence-electron chi connectivity index (χ2n) is 10.5. The number of amides is 3. The maximum atomic E-state index is 15.6. The van der Waals surface area contributed by atoms with Crippen LogP contribution in [0.2, 0.25) is 0 Å². The Bertz CT molecular complexity index is 1040. The molecule has 1 aliphatic carbocycles. The molecular weight excluding hydrogens is 475 g/mol. The van der Waals surface area contributed by atoms with Gasteiger partial charge in [-0.1, -0.05) is 6.07 Å². The topological polar surface area (TPSA) is 87.7 Å². The van der Waals surface area contributed by atoms with Crippen molar-refractivity contribution >= 4 is 17.7 Å². The van der Waals surface area contributed by atoms with Crippen LogP contribution in [0.15, 0.2) is 12.1 Å². The number of carbonyl (C=O) groups is 3. The van der Waals surface area contributed by atoms with Gasteiger partial charge in [-0.25, -0.2) is 13.2 Å². The van der Waals surface area contributed by atoms with Gasteiger partial charge >= 0.3 is 0 Å². The highest BCUT2D eigenvalue weighted by Gasteiger charge is 2.41. The number of hydrogen-bond acceptors (Lipinski definition) is 5. The third-order valence-corrected chi connectivity index (χ3v) is 8.10. The van der Waals surface area contributed by atoms with Gasteiger partial charge in [-0.3, -0.25) is 19.7 Å². The number of rotatable bonds is 6. The summed E-state index contributed by atoms with van der Waals surface area (Å²) in [6.45, 7) is 1.20. The van der Waals surface area contributed by atoms with Crippen molar-refractivity contribution in [3.8, 4) is 0 Å². The van der Waals surface area contributed by atoms with Crippen LogP contribution in [0.25, 0.3) is 0 Å². The monoisotopic (exact) mass is 507 g/mol. The van der Waals surface area contributed by atoms with E-state index in [9.17, 15) is 23.2 Å². The minimum absolute atomic E-state index is 0.00422. The molecule has 7 nitrogen and oxygen atoms in total. The second kappa shape index (κ2) is 10.1. The summed E-state index contributed by atoms with van der Waals surface area (Å²) in [5.41, 5.74) is 0.961. The van der Waals surface area contributed by atoms with Crippen molar-refractivity contribution in [1.82, 2.24) is 15.5 Å². The van der Waals surface area contributed by atoms with Crippen molar-refractivity contribution < 1.29 is 32.3 Å². The Labute approximate surface area is 208 Å². The Morgan fingerprint density at radius 3 is 2.64 bits per heavy atom. The van der Waals surface area contributed by atoms with Gasteiger partial charge in [0.1, 0.15) is 11.9 Å². The molecule has 2 saturated heterocycles. The van der Waals surface area contributed by atoms with Crippen LogP contribution in [0.5, 0.6) is 0 Å². The highest BCUT2D eigenvalue weighted by molar-refractivity contribution is 6.05. The van der Waals surface area contributed by atoms with E-state index in [2.05, 4.69) is 10.6 Å². The van der Waals surface area contributed by atoms with Crippen LogP contribution < -0.4 is 10.6 Å². The Morgan fingerprint density at radius 1 is 1.11 bits per heavy atom. The fourth-order valence-electron chi connectivity index (χ4n) is 5.92. The molecule has 196 valence electrons. The number of alkyl halides is 2. The lowest BCUT2D eigenvalue weighted by Crippen LogP contribution is -2.52. The summed E-state index contributed by atoms with van der Waals surface area (Å²) in [7, 11) is 0. The number of ether oxygens (including phenoxy) is 1. The Kier molecular flexibility index (Phi) is 7.09. The average molecular weight is 508 g/mol. The van der Waals surface area contributed by atoms with E-state index in [1.165, 1.54) is 4.90 Å². The lowest BCUT2D eigenvalue weighted by molar-refractivity contribution is -0.136. The number of fused-ring (bicyclic) bond motifs is 1. The minimum atomic E-state index is -2.55. The summed E-state index contributed by atoms with van der Waals surface area (Å²) in [5, 5.41) is 5.75. The fraction of sp³-hybridized carbons (Fsp3) is 0.654. The van der Waals surface area contributed by atoms with Crippen molar-refractivity contribution in [2.45, 2.75) is 88.4 Å². The molecule has 2 unspecified atom stereocenters. The van der Waals surface area contributed by atoms with Crippen LogP contribution in [0.1, 0.15) is 72.9 Å². The van der Waals surface area contributed by atoms with E-state index in [0.717, 1.165) is 12.8 Å². The third-order valence-electron chi connectivity index (χ3n) is 8.10. The van der Waals surface area contributed by atoms with E-state index < -0.39 is 29.6 Å². The molecule has 0 aromatic heterocycles. The van der Waals surface area contributed by atoms with E-state index in [0.29, 0.717) is 38.0 Å². The SMILES string of the molecule is O=C1CCC(N2Cc3c(ccc(C[C@H]4OCCCC4NCC4CCC(F)(F)CC4)c3F)C2=O)C(=O)N1. The number of halogens is 3. The van der Waals surface area contributed by atoms with Crippen LogP contribution in [-0.2, 0) is 27.3 Å². The van der Waals surface area contributed by atoms with Crippen molar-refractivity contribution in [2.75, 3.05) is 13.2 Å². The second-order valence-corrected chi connectivity index (χ2v) is 10.5. The number of benzene rings is 1. The van der Waals surface area contributed by atoms with Crippen LogP contribution in [0, 0.1) is 11.7 Å². The van der Waals surface area contributed by atoms with Gasteiger partial charge in [-0.05, 0) is 56.2 Å². The lowest BCUT2D eigenvalue weighted by Gasteiger charge is -2.35. The molecule has 0 bridgehead atoms. The van der Waals surface area contributed by atoms with E-state index in [1.807, 2.05) is 0 Å². The van der Waals surface area contributed by atoms with Gasteiger partial charge in [0.2, 0.25) is 17.7 Å². The van der Waals surface area contributed by atoms with E-state index in [4.69, 9.17) is 4.74 Å². The van der Waals surface area contributed by atoms with Crippen molar-refractivity contribution in [1.29, 1.82) is 0 Å². The highest BCUT2D eigenvalue weighted by atomic mass is 19.3. The number of piperidine rings is 1. The molecule has 3 fully saturated rings. The zero-order valence-corrected chi connectivity index (χ0v) is 20.2. The first kappa shape index (κ1) is 25.2. The van der Waals surface area contributed by atoms with Crippen molar-refractivity contribution in [3.63, 3.8) is 0 Å². The zero-order chi connectivity index (χ0) is 25.4. The third kappa shape index (κ3) is 5.16. The predicted octanol–water partition coefficient (Wildman–Crippen LogP) is 3.09. The molecule has 0 spiro atoms. The van der Waals surface area contributed by atoms with E-state index in [-0.39, 0.29) is 67.3 Å². The first-order chi connectivity index (χ1) is 17.2. The molecule has 5 rings (SSSR count). The van der Waals surface area contributed by atoms with Gasteiger partial charge in [0.25, 0.3) is 5.91 Å². The summed E-state index contributed by atoms with van der Waals surface area (Å²) in [6, 6.07) is 2.42.